The zero-order chi connectivity index (χ0) is 53.6. The number of benzene rings is 6. The van der Waals surface area contributed by atoms with Crippen LogP contribution in [0.3, 0.4) is 0 Å². The van der Waals surface area contributed by atoms with Crippen LogP contribution in [0.25, 0.3) is 55.3 Å². The molecule has 2 N–H and O–H groups in total. The third-order valence-electron chi connectivity index (χ3n) is 12.5. The van der Waals surface area contributed by atoms with Gasteiger partial charge in [-0.15, -0.1) is 0 Å². The lowest BCUT2D eigenvalue weighted by atomic mass is 9.89. The second kappa shape index (κ2) is 26.6. The first-order chi connectivity index (χ1) is 36.1. The summed E-state index contributed by atoms with van der Waals surface area (Å²) in [4.78, 5) is 48.1. The number of nitrogens with one attached hydrogen (secondary N) is 1. The van der Waals surface area contributed by atoms with Crippen molar-refractivity contribution in [2.75, 3.05) is 52.6 Å². The topological polar surface area (TPSA) is 210 Å². The Labute approximate surface area is 450 Å². The molecular formula is C56H54BBr2N4O12. The smallest absolute Gasteiger partial charge is 0.537 e. The summed E-state index contributed by atoms with van der Waals surface area (Å²) in [6.07, 6.45) is 0. The first-order valence-electron chi connectivity index (χ1n) is 23.9. The highest BCUT2D eigenvalue weighted by atomic mass is 79.9. The van der Waals surface area contributed by atoms with E-state index in [9.17, 15) is 29.8 Å². The highest BCUT2D eigenvalue weighted by Gasteiger charge is 2.20. The molecule has 0 bridgehead atoms. The normalized spacial score (nSPS) is 13.3. The molecule has 75 heavy (non-hydrogen) atoms. The van der Waals surface area contributed by atoms with Gasteiger partial charge < -0.3 is 33.3 Å². The van der Waals surface area contributed by atoms with E-state index in [-0.39, 0.29) is 11.4 Å². The average molecular weight is 1150 g/mol. The molecule has 1 radical (unpaired) electrons. The standard InChI is InChI=1S/C28H26N2O5.C17H12BrNO4.C7H7BBrO2.C4H9NO/c1-18-14-25-28(24(16-26(31)35-25)22-4-3-5-23(15-22)30(32)33)19(2)27(18)21-8-6-20(7-9-21)17-29-10-12-34-13-11-29;1-9-6-14-16(10(2)17(9)18)13(8-15(20)23-14)11-4-3-5-12(7-11)19(21)22;9-5-6-1-3-7(4-2-6)11-8-10;1-3-6-4-2-5-1/h3-9,14-16H,10-13,17H2,1-2H3;3-8H,1-2H3;1-4,10H,5H2;5H,1-4H2. The average Bonchev–Trinajstić information content (AvgIpc) is 3.42. The van der Waals surface area contributed by atoms with Gasteiger partial charge in [-0.3, -0.25) is 25.1 Å². The first-order valence-corrected chi connectivity index (χ1v) is 25.8. The summed E-state index contributed by atoms with van der Waals surface area (Å²) in [6.45, 7) is 16.0. The van der Waals surface area contributed by atoms with E-state index in [1.807, 2.05) is 45.9 Å². The third kappa shape index (κ3) is 14.5. The van der Waals surface area contributed by atoms with E-state index in [4.69, 9.17) is 28.0 Å². The predicted octanol–water partition coefficient (Wildman–Crippen LogP) is 11.3. The van der Waals surface area contributed by atoms with Crippen LogP contribution < -0.4 is 21.2 Å². The molecule has 2 aliphatic rings. The predicted molar refractivity (Wildman–Crippen MR) is 299 cm³/mol. The fraction of sp³-hybridized carbons (Fsp3) is 0.250. The molecule has 387 valence electrons. The Kier molecular flexibility index (Phi) is 19.8. The number of hydrogen-bond donors (Lipinski definition) is 2. The highest BCUT2D eigenvalue weighted by molar-refractivity contribution is 9.10. The van der Waals surface area contributed by atoms with Crippen molar-refractivity contribution in [3.8, 4) is 39.1 Å². The van der Waals surface area contributed by atoms with E-state index >= 15 is 0 Å². The summed E-state index contributed by atoms with van der Waals surface area (Å²) in [6, 6.07) is 35.0. The number of halogens is 2. The van der Waals surface area contributed by atoms with Gasteiger partial charge in [0.2, 0.25) is 0 Å². The summed E-state index contributed by atoms with van der Waals surface area (Å²) in [5.74, 6) is 0.636. The molecule has 0 aliphatic carbocycles. The Balaban J connectivity index is 0.000000174. The Morgan fingerprint density at radius 3 is 1.64 bits per heavy atom. The zero-order valence-electron chi connectivity index (χ0n) is 41.7. The van der Waals surface area contributed by atoms with Crippen molar-refractivity contribution in [1.29, 1.82) is 0 Å². The largest absolute Gasteiger partial charge is 0.569 e. The summed E-state index contributed by atoms with van der Waals surface area (Å²) in [7, 11) is 0.670. The molecule has 16 nitrogen and oxygen atoms in total. The lowest BCUT2D eigenvalue weighted by Gasteiger charge is -2.26. The molecular weight excluding hydrogens is 1090 g/mol. The van der Waals surface area contributed by atoms with E-state index in [1.54, 1.807) is 42.5 Å². The maximum atomic E-state index is 12.4. The number of nitro benzene ring substituents is 2. The van der Waals surface area contributed by atoms with Crippen LogP contribution in [-0.4, -0.2) is 80.1 Å². The fourth-order valence-corrected chi connectivity index (χ4v) is 9.54. The molecule has 19 heteroatoms. The van der Waals surface area contributed by atoms with Crippen molar-refractivity contribution in [1.82, 2.24) is 10.2 Å². The molecule has 0 saturated carbocycles. The minimum atomic E-state index is -0.488. The monoisotopic (exact) mass is 1140 g/mol. The van der Waals surface area contributed by atoms with Crippen LogP contribution in [0.4, 0.5) is 11.4 Å². The van der Waals surface area contributed by atoms with E-state index in [0.717, 1.165) is 113 Å². The summed E-state index contributed by atoms with van der Waals surface area (Å²) in [5.41, 5.74) is 10.8. The van der Waals surface area contributed by atoms with Gasteiger partial charge >= 0.3 is 18.9 Å². The maximum absolute atomic E-state index is 12.4. The van der Waals surface area contributed by atoms with Crippen LogP contribution in [0.5, 0.6) is 5.75 Å². The lowest BCUT2D eigenvalue weighted by molar-refractivity contribution is -0.385. The number of rotatable bonds is 10. The number of aryl methyl sites for hydroxylation is 4. The Bertz CT molecular complexity index is 3400. The number of ether oxygens (including phenoxy) is 2. The van der Waals surface area contributed by atoms with Gasteiger partial charge in [0.1, 0.15) is 11.2 Å². The number of non-ortho nitro benzene ring substituents is 2. The maximum Gasteiger partial charge on any atom is 0.569 e. The van der Waals surface area contributed by atoms with Gasteiger partial charge in [0.25, 0.3) is 11.4 Å². The second-order valence-electron chi connectivity index (χ2n) is 17.6. The lowest BCUT2D eigenvalue weighted by Crippen LogP contribution is -2.35. The summed E-state index contributed by atoms with van der Waals surface area (Å²) < 4.78 is 27.0. The number of nitro groups is 2. The van der Waals surface area contributed by atoms with E-state index in [1.165, 1.54) is 47.5 Å². The van der Waals surface area contributed by atoms with Crippen molar-refractivity contribution in [2.45, 2.75) is 39.6 Å². The Hall–Kier alpha value is -6.84. The van der Waals surface area contributed by atoms with E-state index in [0.29, 0.717) is 46.9 Å². The molecule has 0 amide bonds. The number of fused-ring (bicyclic) bond motifs is 2. The van der Waals surface area contributed by atoms with Gasteiger partial charge in [-0.1, -0.05) is 92.5 Å². The summed E-state index contributed by atoms with van der Waals surface area (Å²) in [5, 5.41) is 36.2. The van der Waals surface area contributed by atoms with Crippen LogP contribution in [-0.2, 0) is 21.3 Å². The first kappa shape index (κ1) is 55.9. The molecule has 2 saturated heterocycles. The molecule has 10 rings (SSSR count). The van der Waals surface area contributed by atoms with Gasteiger partial charge in [0.05, 0.1) is 42.0 Å². The molecule has 2 aliphatic heterocycles. The Morgan fingerprint density at radius 1 is 0.653 bits per heavy atom. The number of nitrogens with zero attached hydrogens (tertiary/aromatic N) is 3. The van der Waals surface area contributed by atoms with Crippen molar-refractivity contribution < 1.29 is 37.8 Å². The summed E-state index contributed by atoms with van der Waals surface area (Å²) >= 11 is 6.86. The van der Waals surface area contributed by atoms with Crippen LogP contribution in [0.2, 0.25) is 0 Å². The molecule has 2 aromatic heterocycles. The minimum Gasteiger partial charge on any atom is -0.537 e. The second-order valence-corrected chi connectivity index (χ2v) is 18.9. The van der Waals surface area contributed by atoms with Crippen molar-refractivity contribution in [3.63, 3.8) is 0 Å². The minimum absolute atomic E-state index is 0.0206. The van der Waals surface area contributed by atoms with Gasteiger partial charge in [-0.2, -0.15) is 0 Å². The Morgan fingerprint density at radius 2 is 1.16 bits per heavy atom. The van der Waals surface area contributed by atoms with Crippen molar-refractivity contribution in [3.05, 3.63) is 200 Å². The van der Waals surface area contributed by atoms with Crippen molar-refractivity contribution >= 4 is 72.9 Å². The molecule has 0 unspecified atom stereocenters. The van der Waals surface area contributed by atoms with Gasteiger partial charge in [0, 0.05) is 101 Å². The van der Waals surface area contributed by atoms with Crippen LogP contribution >= 0.6 is 31.9 Å². The number of alkyl halides is 1. The van der Waals surface area contributed by atoms with Gasteiger partial charge in [0.15, 0.2) is 0 Å². The highest BCUT2D eigenvalue weighted by Crippen LogP contribution is 2.39. The molecule has 0 spiro atoms. The van der Waals surface area contributed by atoms with Crippen molar-refractivity contribution in [2.24, 2.45) is 0 Å². The number of hydrogen-bond acceptors (Lipinski definition) is 14. The molecule has 4 heterocycles. The van der Waals surface area contributed by atoms with Crippen LogP contribution in [0.1, 0.15) is 33.4 Å². The van der Waals surface area contributed by atoms with E-state index in [2.05, 4.69) is 66.3 Å². The van der Waals surface area contributed by atoms with E-state index < -0.39 is 21.1 Å². The quantitative estimate of drug-likeness (QED) is 0.0429. The van der Waals surface area contributed by atoms with Crippen LogP contribution in [0.15, 0.2) is 144 Å². The van der Waals surface area contributed by atoms with Gasteiger partial charge in [-0.25, -0.2) is 9.59 Å². The zero-order valence-corrected chi connectivity index (χ0v) is 44.9. The van der Waals surface area contributed by atoms with Crippen LogP contribution in [0, 0.1) is 47.9 Å². The molecule has 6 aromatic carbocycles. The van der Waals surface area contributed by atoms with Gasteiger partial charge in [-0.05, 0) is 108 Å². The SMILES string of the molecule is C1COCCN1.Cc1cc2oc(=O)cc(-c3cccc([N+](=O)[O-])c3)c2c(C)c1-c1ccc(CN2CCOCC2)cc1.Cc1cc2oc(=O)cc(-c3cccc([N+](=O)[O-])c3)c2c(C)c1Br.O[B]Oc1ccc(CBr)cc1. The fourth-order valence-electron chi connectivity index (χ4n) is 8.86. The third-order valence-corrected chi connectivity index (χ3v) is 14.3. The molecule has 2 fully saturated rings. The molecule has 8 aromatic rings. The molecule has 0 atom stereocenters. The number of morpholine rings is 2.